The van der Waals surface area contributed by atoms with E-state index in [9.17, 15) is 0 Å². The first-order chi connectivity index (χ1) is 7.54. The van der Waals surface area contributed by atoms with E-state index in [-0.39, 0.29) is 5.41 Å². The van der Waals surface area contributed by atoms with Crippen molar-refractivity contribution >= 4 is 5.84 Å². The van der Waals surface area contributed by atoms with Crippen LogP contribution >= 0.6 is 0 Å². The van der Waals surface area contributed by atoms with Crippen LogP contribution in [-0.4, -0.2) is 24.1 Å². The second-order valence-corrected chi connectivity index (χ2v) is 4.65. The van der Waals surface area contributed by atoms with Gasteiger partial charge < -0.3 is 16.3 Å². The van der Waals surface area contributed by atoms with E-state index >= 15 is 0 Å². The average molecular weight is 227 g/mol. The molecule has 0 heterocycles. The molecule has 0 aromatic carbocycles. The van der Waals surface area contributed by atoms with E-state index in [0.29, 0.717) is 5.84 Å². The third-order valence-electron chi connectivity index (χ3n) is 2.73. The summed E-state index contributed by atoms with van der Waals surface area (Å²) in [5.74, 6) is 0.312. The number of hydrogen-bond donors (Lipinski definition) is 3. The largest absolute Gasteiger partial charge is 0.409 e. The number of oxime groups is 1. The maximum Gasteiger partial charge on any atom is 0.144 e. The number of nitrogens with two attached hydrogens (primary N) is 1. The van der Waals surface area contributed by atoms with Gasteiger partial charge in [-0.2, -0.15) is 0 Å². The minimum atomic E-state index is -0.212. The molecule has 16 heavy (non-hydrogen) atoms. The molecule has 0 unspecified atom stereocenters. The van der Waals surface area contributed by atoms with E-state index in [1.807, 2.05) is 19.9 Å². The molecule has 0 aromatic rings. The van der Waals surface area contributed by atoms with Gasteiger partial charge in [0.05, 0.1) is 0 Å². The van der Waals surface area contributed by atoms with Crippen molar-refractivity contribution in [3.05, 3.63) is 12.7 Å². The standard InChI is InChI=1S/C12H25N3O/c1-4-5-9-14-10-7-6-8-12(2,3)11(13)15-16/h4,14,16H,1,5-10H2,2-3H3,(H2,13,15). The van der Waals surface area contributed by atoms with Gasteiger partial charge in [0.25, 0.3) is 0 Å². The van der Waals surface area contributed by atoms with E-state index in [0.717, 1.165) is 38.8 Å². The van der Waals surface area contributed by atoms with Gasteiger partial charge in [-0.3, -0.25) is 0 Å². The fraction of sp³-hybridized carbons (Fsp3) is 0.750. The Kier molecular flexibility index (Phi) is 7.64. The van der Waals surface area contributed by atoms with Crippen molar-refractivity contribution in [3.63, 3.8) is 0 Å². The van der Waals surface area contributed by atoms with E-state index in [4.69, 9.17) is 10.9 Å². The zero-order chi connectivity index (χ0) is 12.4. The van der Waals surface area contributed by atoms with E-state index in [1.165, 1.54) is 0 Å². The van der Waals surface area contributed by atoms with E-state index in [2.05, 4.69) is 17.1 Å². The first-order valence-corrected chi connectivity index (χ1v) is 5.84. The Balaban J connectivity index is 3.54. The van der Waals surface area contributed by atoms with Gasteiger partial charge in [-0.1, -0.05) is 31.5 Å². The van der Waals surface area contributed by atoms with Crippen molar-refractivity contribution < 1.29 is 5.21 Å². The Labute approximate surface area is 98.6 Å². The van der Waals surface area contributed by atoms with Gasteiger partial charge in [0.15, 0.2) is 0 Å². The third kappa shape index (κ3) is 6.45. The Hall–Kier alpha value is -1.03. The molecule has 0 spiro atoms. The lowest BCUT2D eigenvalue weighted by Gasteiger charge is -2.22. The summed E-state index contributed by atoms with van der Waals surface area (Å²) in [5, 5.41) is 15.0. The molecule has 0 rings (SSSR count). The van der Waals surface area contributed by atoms with Crippen LogP contribution in [0.15, 0.2) is 17.8 Å². The monoisotopic (exact) mass is 227 g/mol. The highest BCUT2D eigenvalue weighted by molar-refractivity contribution is 5.85. The number of amidine groups is 1. The Bertz CT molecular complexity index is 224. The fourth-order valence-electron chi connectivity index (χ4n) is 1.41. The van der Waals surface area contributed by atoms with Crippen molar-refractivity contribution in [2.24, 2.45) is 16.3 Å². The van der Waals surface area contributed by atoms with Crippen LogP contribution < -0.4 is 11.1 Å². The number of nitrogens with zero attached hydrogens (tertiary/aromatic N) is 1. The Morgan fingerprint density at radius 2 is 2.12 bits per heavy atom. The summed E-state index contributed by atoms with van der Waals surface area (Å²) in [6.07, 6.45) is 6.04. The third-order valence-corrected chi connectivity index (χ3v) is 2.73. The maximum atomic E-state index is 8.61. The molecule has 0 amide bonds. The summed E-state index contributed by atoms with van der Waals surface area (Å²) in [4.78, 5) is 0. The molecule has 0 bridgehead atoms. The number of rotatable bonds is 9. The molecule has 0 saturated heterocycles. The minimum absolute atomic E-state index is 0.212. The second-order valence-electron chi connectivity index (χ2n) is 4.65. The highest BCUT2D eigenvalue weighted by Gasteiger charge is 2.22. The lowest BCUT2D eigenvalue weighted by Crippen LogP contribution is -2.32. The molecule has 4 nitrogen and oxygen atoms in total. The zero-order valence-electron chi connectivity index (χ0n) is 10.5. The zero-order valence-corrected chi connectivity index (χ0v) is 10.5. The lowest BCUT2D eigenvalue weighted by atomic mass is 9.86. The molecule has 0 aliphatic carbocycles. The van der Waals surface area contributed by atoms with Crippen molar-refractivity contribution in [2.75, 3.05) is 13.1 Å². The second kappa shape index (κ2) is 8.16. The van der Waals surface area contributed by atoms with Crippen LogP contribution in [0.5, 0.6) is 0 Å². The van der Waals surface area contributed by atoms with Crippen molar-refractivity contribution in [1.29, 1.82) is 0 Å². The Morgan fingerprint density at radius 1 is 1.44 bits per heavy atom. The average Bonchev–Trinajstić information content (AvgIpc) is 2.26. The molecule has 4 N–H and O–H groups in total. The van der Waals surface area contributed by atoms with Gasteiger partial charge in [0.2, 0.25) is 0 Å². The summed E-state index contributed by atoms with van der Waals surface area (Å²) in [6.45, 7) is 9.66. The summed E-state index contributed by atoms with van der Waals surface area (Å²) in [7, 11) is 0. The molecular weight excluding hydrogens is 202 g/mol. The summed E-state index contributed by atoms with van der Waals surface area (Å²) in [6, 6.07) is 0. The van der Waals surface area contributed by atoms with Crippen molar-refractivity contribution in [2.45, 2.75) is 39.5 Å². The number of nitrogens with one attached hydrogen (secondary N) is 1. The van der Waals surface area contributed by atoms with Gasteiger partial charge in [-0.25, -0.2) is 0 Å². The van der Waals surface area contributed by atoms with Crippen LogP contribution in [0, 0.1) is 5.41 Å². The van der Waals surface area contributed by atoms with Crippen molar-refractivity contribution in [1.82, 2.24) is 5.32 Å². The quantitative estimate of drug-likeness (QED) is 0.141. The van der Waals surface area contributed by atoms with Crippen LogP contribution in [0.4, 0.5) is 0 Å². The summed E-state index contributed by atoms with van der Waals surface area (Å²) >= 11 is 0. The van der Waals surface area contributed by atoms with Crippen LogP contribution in [-0.2, 0) is 0 Å². The first kappa shape index (κ1) is 15.0. The van der Waals surface area contributed by atoms with Gasteiger partial charge in [-0.15, -0.1) is 6.58 Å². The van der Waals surface area contributed by atoms with Gasteiger partial charge >= 0.3 is 0 Å². The molecule has 0 fully saturated rings. The van der Waals surface area contributed by atoms with Crippen LogP contribution in [0.2, 0.25) is 0 Å². The fourth-order valence-corrected chi connectivity index (χ4v) is 1.41. The molecule has 94 valence electrons. The molecule has 4 heteroatoms. The van der Waals surface area contributed by atoms with Gasteiger partial charge in [0.1, 0.15) is 5.84 Å². The van der Waals surface area contributed by atoms with Gasteiger partial charge in [0, 0.05) is 5.41 Å². The lowest BCUT2D eigenvalue weighted by molar-refractivity contribution is 0.304. The summed E-state index contributed by atoms with van der Waals surface area (Å²) < 4.78 is 0. The highest BCUT2D eigenvalue weighted by atomic mass is 16.4. The molecule has 0 saturated carbocycles. The normalized spacial score (nSPS) is 12.8. The maximum absolute atomic E-state index is 8.61. The van der Waals surface area contributed by atoms with Crippen LogP contribution in [0.25, 0.3) is 0 Å². The molecule has 0 radical (unpaired) electrons. The SMILES string of the molecule is C=CCCNCCCCC(C)(C)/C(N)=N/O. The van der Waals surface area contributed by atoms with E-state index in [1.54, 1.807) is 0 Å². The van der Waals surface area contributed by atoms with Crippen LogP contribution in [0.3, 0.4) is 0 Å². The van der Waals surface area contributed by atoms with Crippen molar-refractivity contribution in [3.8, 4) is 0 Å². The predicted octanol–water partition coefficient (Wildman–Crippen LogP) is 2.10. The number of hydrogen-bond acceptors (Lipinski definition) is 3. The topological polar surface area (TPSA) is 70.6 Å². The molecular formula is C12H25N3O. The number of unbranched alkanes of at least 4 members (excludes halogenated alkanes) is 1. The molecule has 0 aromatic heterocycles. The first-order valence-electron chi connectivity index (χ1n) is 5.84. The highest BCUT2D eigenvalue weighted by Crippen LogP contribution is 2.22. The summed E-state index contributed by atoms with van der Waals surface area (Å²) in [5.41, 5.74) is 5.39. The molecule has 0 aliphatic rings. The Morgan fingerprint density at radius 3 is 2.69 bits per heavy atom. The van der Waals surface area contributed by atoms with Gasteiger partial charge in [-0.05, 0) is 32.4 Å². The molecule has 0 atom stereocenters. The molecule has 0 aliphatic heterocycles. The van der Waals surface area contributed by atoms with Crippen LogP contribution in [0.1, 0.15) is 39.5 Å². The smallest absolute Gasteiger partial charge is 0.144 e. The van der Waals surface area contributed by atoms with E-state index < -0.39 is 0 Å². The predicted molar refractivity (Wildman–Crippen MR) is 68.7 cm³/mol. The minimum Gasteiger partial charge on any atom is -0.409 e.